The summed E-state index contributed by atoms with van der Waals surface area (Å²) in [7, 11) is 0. The first-order valence-corrected chi connectivity index (χ1v) is 5.78. The van der Waals surface area contributed by atoms with Crippen LogP contribution in [0.1, 0.15) is 27.6 Å². The number of fused-ring (bicyclic) bond motifs is 1. The molecule has 0 radical (unpaired) electrons. The van der Waals surface area contributed by atoms with E-state index in [0.29, 0.717) is 12.0 Å². The second kappa shape index (κ2) is 4.26. The minimum Gasteiger partial charge on any atom is -0.454 e. The Bertz CT molecular complexity index is 590. The SMILES string of the molecule is O=C1O[C@@H](Cc2ccc(F)cc2)c2ccccc21. The molecule has 0 amide bonds. The Morgan fingerprint density at radius 1 is 1.06 bits per heavy atom. The number of carbonyl (C=O) groups is 1. The number of hydrogen-bond donors (Lipinski definition) is 0. The van der Waals surface area contributed by atoms with Crippen molar-refractivity contribution in [3.8, 4) is 0 Å². The van der Waals surface area contributed by atoms with Gasteiger partial charge in [0.15, 0.2) is 0 Å². The lowest BCUT2D eigenvalue weighted by Crippen LogP contribution is -2.02. The predicted molar refractivity (Wildman–Crippen MR) is 64.7 cm³/mol. The lowest BCUT2D eigenvalue weighted by atomic mass is 9.99. The van der Waals surface area contributed by atoms with E-state index in [9.17, 15) is 9.18 Å². The third-order valence-electron chi connectivity index (χ3n) is 3.11. The molecule has 0 spiro atoms. The Labute approximate surface area is 104 Å². The van der Waals surface area contributed by atoms with Crippen LogP contribution in [-0.2, 0) is 11.2 Å². The molecule has 0 aromatic heterocycles. The highest BCUT2D eigenvalue weighted by Crippen LogP contribution is 2.32. The second-order valence-electron chi connectivity index (χ2n) is 4.31. The molecule has 0 saturated heterocycles. The Morgan fingerprint density at radius 2 is 1.78 bits per heavy atom. The molecule has 0 N–H and O–H groups in total. The summed E-state index contributed by atoms with van der Waals surface area (Å²) in [6.07, 6.45) is 0.308. The quantitative estimate of drug-likeness (QED) is 0.755. The van der Waals surface area contributed by atoms with Crippen molar-refractivity contribution in [2.24, 2.45) is 0 Å². The summed E-state index contributed by atoms with van der Waals surface area (Å²) < 4.78 is 18.1. The maximum Gasteiger partial charge on any atom is 0.339 e. The average Bonchev–Trinajstić information content (AvgIpc) is 2.70. The highest BCUT2D eigenvalue weighted by atomic mass is 19.1. The van der Waals surface area contributed by atoms with Gasteiger partial charge < -0.3 is 4.74 Å². The summed E-state index contributed by atoms with van der Waals surface area (Å²) in [5.74, 6) is -0.541. The molecule has 1 aliphatic heterocycles. The summed E-state index contributed by atoms with van der Waals surface area (Å²) in [6.45, 7) is 0. The standard InChI is InChI=1S/C15H11FO2/c16-11-7-5-10(6-8-11)9-14-12-3-1-2-4-13(12)15(17)18-14/h1-8,14H,9H2/t14-/m0/s1. The summed E-state index contributed by atoms with van der Waals surface area (Å²) >= 11 is 0. The predicted octanol–water partition coefficient (Wildman–Crippen LogP) is 3.28. The van der Waals surface area contributed by atoms with E-state index in [1.807, 2.05) is 18.2 Å². The Hall–Kier alpha value is -2.16. The van der Waals surface area contributed by atoms with Crippen LogP contribution in [0.25, 0.3) is 0 Å². The summed E-state index contributed by atoms with van der Waals surface area (Å²) in [5, 5.41) is 0. The number of hydrogen-bond acceptors (Lipinski definition) is 2. The molecule has 18 heavy (non-hydrogen) atoms. The zero-order valence-electron chi connectivity index (χ0n) is 9.60. The van der Waals surface area contributed by atoms with E-state index in [1.54, 1.807) is 18.2 Å². The van der Waals surface area contributed by atoms with Gasteiger partial charge in [-0.25, -0.2) is 9.18 Å². The fourth-order valence-electron chi connectivity index (χ4n) is 2.21. The molecule has 1 atom stereocenters. The Kier molecular flexibility index (Phi) is 2.59. The fraction of sp³-hybridized carbons (Fsp3) is 0.133. The zero-order chi connectivity index (χ0) is 12.5. The lowest BCUT2D eigenvalue weighted by molar-refractivity contribution is 0.0387. The van der Waals surface area contributed by atoms with Gasteiger partial charge in [0.1, 0.15) is 11.9 Å². The Balaban J connectivity index is 1.87. The van der Waals surface area contributed by atoms with Gasteiger partial charge in [-0.15, -0.1) is 0 Å². The molecule has 2 aromatic carbocycles. The zero-order valence-corrected chi connectivity index (χ0v) is 9.60. The highest BCUT2D eigenvalue weighted by Gasteiger charge is 2.30. The van der Waals surface area contributed by atoms with Crippen LogP contribution in [0, 0.1) is 5.82 Å². The van der Waals surface area contributed by atoms with Gasteiger partial charge in [-0.1, -0.05) is 30.3 Å². The number of halogens is 1. The largest absolute Gasteiger partial charge is 0.454 e. The van der Waals surface area contributed by atoms with Gasteiger partial charge in [-0.3, -0.25) is 0 Å². The number of rotatable bonds is 2. The van der Waals surface area contributed by atoms with Crippen LogP contribution in [0.15, 0.2) is 48.5 Å². The molecule has 0 fully saturated rings. The highest BCUT2D eigenvalue weighted by molar-refractivity contribution is 5.94. The van der Waals surface area contributed by atoms with Crippen LogP contribution < -0.4 is 0 Å². The van der Waals surface area contributed by atoms with E-state index in [4.69, 9.17) is 4.74 Å². The minimum absolute atomic E-state index is 0.262. The molecule has 3 rings (SSSR count). The van der Waals surface area contributed by atoms with Gasteiger partial charge >= 0.3 is 5.97 Å². The van der Waals surface area contributed by atoms with Gasteiger partial charge in [0.25, 0.3) is 0 Å². The van der Waals surface area contributed by atoms with E-state index in [-0.39, 0.29) is 17.9 Å². The molecule has 0 saturated carbocycles. The number of carbonyl (C=O) groups excluding carboxylic acids is 1. The van der Waals surface area contributed by atoms with Crippen LogP contribution in [0.3, 0.4) is 0 Å². The van der Waals surface area contributed by atoms with Crippen LogP contribution in [-0.4, -0.2) is 5.97 Å². The molecule has 1 heterocycles. The summed E-state index contributed by atoms with van der Waals surface area (Å²) in [5.41, 5.74) is 2.49. The van der Waals surface area contributed by atoms with Gasteiger partial charge in [0.2, 0.25) is 0 Å². The molecule has 2 nitrogen and oxygen atoms in total. The van der Waals surface area contributed by atoms with Crippen molar-refractivity contribution >= 4 is 5.97 Å². The maximum atomic E-state index is 12.8. The van der Waals surface area contributed by atoms with Crippen molar-refractivity contribution in [2.75, 3.05) is 0 Å². The molecule has 1 aliphatic rings. The van der Waals surface area contributed by atoms with Crippen LogP contribution >= 0.6 is 0 Å². The second-order valence-corrected chi connectivity index (χ2v) is 4.31. The smallest absolute Gasteiger partial charge is 0.339 e. The van der Waals surface area contributed by atoms with Crippen molar-refractivity contribution in [3.63, 3.8) is 0 Å². The van der Waals surface area contributed by atoms with Crippen LogP contribution in [0.2, 0.25) is 0 Å². The lowest BCUT2D eigenvalue weighted by Gasteiger charge is -2.10. The van der Waals surface area contributed by atoms with E-state index < -0.39 is 0 Å². The normalized spacial score (nSPS) is 17.4. The van der Waals surface area contributed by atoms with E-state index in [1.165, 1.54) is 12.1 Å². The first-order chi connectivity index (χ1) is 8.74. The molecule has 0 aliphatic carbocycles. The molecule has 3 heteroatoms. The fourth-order valence-corrected chi connectivity index (χ4v) is 2.21. The van der Waals surface area contributed by atoms with Gasteiger partial charge in [-0.2, -0.15) is 0 Å². The van der Waals surface area contributed by atoms with Crippen LogP contribution in [0.5, 0.6) is 0 Å². The maximum absolute atomic E-state index is 12.8. The first-order valence-electron chi connectivity index (χ1n) is 5.78. The molecule has 2 aromatic rings. The number of ether oxygens (including phenoxy) is 1. The number of esters is 1. The van der Waals surface area contributed by atoms with Crippen molar-refractivity contribution in [2.45, 2.75) is 12.5 Å². The van der Waals surface area contributed by atoms with Crippen molar-refractivity contribution in [3.05, 3.63) is 71.0 Å². The minimum atomic E-state index is -0.280. The van der Waals surface area contributed by atoms with E-state index in [2.05, 4.69) is 0 Å². The van der Waals surface area contributed by atoms with E-state index in [0.717, 1.165) is 11.1 Å². The van der Waals surface area contributed by atoms with Crippen LogP contribution in [0.4, 0.5) is 4.39 Å². The molecular weight excluding hydrogens is 231 g/mol. The Morgan fingerprint density at radius 3 is 2.56 bits per heavy atom. The molecular formula is C15H11FO2. The third kappa shape index (κ3) is 1.88. The summed E-state index contributed by atoms with van der Waals surface area (Å²) in [4.78, 5) is 11.6. The van der Waals surface area contributed by atoms with E-state index >= 15 is 0 Å². The number of cyclic esters (lactones) is 1. The van der Waals surface area contributed by atoms with Gasteiger partial charge in [0.05, 0.1) is 5.56 Å². The third-order valence-corrected chi connectivity index (χ3v) is 3.11. The summed E-state index contributed by atoms with van der Waals surface area (Å²) in [6, 6.07) is 13.6. The topological polar surface area (TPSA) is 26.3 Å². The molecule has 0 unspecified atom stereocenters. The first kappa shape index (κ1) is 11.0. The van der Waals surface area contributed by atoms with Gasteiger partial charge in [-0.05, 0) is 23.8 Å². The van der Waals surface area contributed by atoms with Crippen molar-refractivity contribution in [1.82, 2.24) is 0 Å². The average molecular weight is 242 g/mol. The van der Waals surface area contributed by atoms with Gasteiger partial charge in [0, 0.05) is 12.0 Å². The van der Waals surface area contributed by atoms with Crippen molar-refractivity contribution < 1.29 is 13.9 Å². The van der Waals surface area contributed by atoms with Crippen molar-refractivity contribution in [1.29, 1.82) is 0 Å². The molecule has 0 bridgehead atoms. The monoisotopic (exact) mass is 242 g/mol. The molecule has 90 valence electrons. The number of benzene rings is 2.